The van der Waals surface area contributed by atoms with Crippen molar-refractivity contribution in [2.45, 2.75) is 44.4 Å². The largest absolute Gasteiger partial charge is 0.342 e. The van der Waals surface area contributed by atoms with E-state index in [1.165, 1.54) is 41.7 Å². The molecule has 1 aliphatic rings. The molecule has 1 aromatic carbocycles. The van der Waals surface area contributed by atoms with Gasteiger partial charge in [0, 0.05) is 18.0 Å². The first-order valence-corrected chi connectivity index (χ1v) is 8.13. The highest BCUT2D eigenvalue weighted by Gasteiger charge is 2.15. The standard InChI is InChI=1S/C16H23NOS/c1-13-7-8-15(14(2)11-13)19-12-16(18)17-9-5-3-4-6-10-17/h7-8,11H,3-6,9-10,12H2,1-2H3. The maximum absolute atomic E-state index is 12.2. The van der Waals surface area contributed by atoms with E-state index >= 15 is 0 Å². The van der Waals surface area contributed by atoms with Crippen molar-refractivity contribution in [2.75, 3.05) is 18.8 Å². The number of likely N-dealkylation sites (tertiary alicyclic amines) is 1. The Bertz CT molecular complexity index is 436. The first-order chi connectivity index (χ1) is 9.16. The number of amides is 1. The lowest BCUT2D eigenvalue weighted by Crippen LogP contribution is -2.33. The Hall–Kier alpha value is -0.960. The molecule has 0 atom stereocenters. The number of hydrogen-bond donors (Lipinski definition) is 0. The highest BCUT2D eigenvalue weighted by atomic mass is 32.2. The summed E-state index contributed by atoms with van der Waals surface area (Å²) in [6.07, 6.45) is 4.88. The van der Waals surface area contributed by atoms with Gasteiger partial charge in [-0.3, -0.25) is 4.79 Å². The molecule has 0 saturated carbocycles. The molecule has 0 radical (unpaired) electrons. The molecule has 19 heavy (non-hydrogen) atoms. The molecule has 1 saturated heterocycles. The molecule has 3 heteroatoms. The molecule has 1 amide bonds. The smallest absolute Gasteiger partial charge is 0.232 e. The Kier molecular flexibility index (Phi) is 5.32. The van der Waals surface area contributed by atoms with E-state index in [4.69, 9.17) is 0 Å². The first-order valence-electron chi connectivity index (χ1n) is 7.14. The highest BCUT2D eigenvalue weighted by molar-refractivity contribution is 8.00. The van der Waals surface area contributed by atoms with E-state index in [0.717, 1.165) is 13.1 Å². The van der Waals surface area contributed by atoms with Crippen molar-refractivity contribution in [3.63, 3.8) is 0 Å². The lowest BCUT2D eigenvalue weighted by molar-refractivity contribution is -0.128. The summed E-state index contributed by atoms with van der Waals surface area (Å²) in [5.41, 5.74) is 2.55. The number of nitrogens with zero attached hydrogens (tertiary/aromatic N) is 1. The van der Waals surface area contributed by atoms with Gasteiger partial charge in [-0.1, -0.05) is 30.5 Å². The third-order valence-corrected chi connectivity index (χ3v) is 4.80. The van der Waals surface area contributed by atoms with Gasteiger partial charge in [0.25, 0.3) is 0 Å². The van der Waals surface area contributed by atoms with E-state index in [-0.39, 0.29) is 0 Å². The number of rotatable bonds is 3. The lowest BCUT2D eigenvalue weighted by atomic mass is 10.2. The molecule has 1 fully saturated rings. The molecular weight excluding hydrogens is 254 g/mol. The Labute approximate surface area is 120 Å². The van der Waals surface area contributed by atoms with Crippen molar-refractivity contribution in [3.8, 4) is 0 Å². The van der Waals surface area contributed by atoms with Crippen LogP contribution in [0.4, 0.5) is 0 Å². The zero-order valence-electron chi connectivity index (χ0n) is 11.9. The van der Waals surface area contributed by atoms with Crippen molar-refractivity contribution in [1.82, 2.24) is 4.90 Å². The molecule has 1 aromatic rings. The molecule has 0 unspecified atom stereocenters. The number of benzene rings is 1. The van der Waals surface area contributed by atoms with Gasteiger partial charge in [0.1, 0.15) is 0 Å². The summed E-state index contributed by atoms with van der Waals surface area (Å²) in [6.45, 7) is 6.12. The number of carbonyl (C=O) groups excluding carboxylic acids is 1. The van der Waals surface area contributed by atoms with Crippen molar-refractivity contribution >= 4 is 17.7 Å². The molecule has 0 aromatic heterocycles. The fourth-order valence-electron chi connectivity index (χ4n) is 2.51. The van der Waals surface area contributed by atoms with Gasteiger partial charge in [-0.15, -0.1) is 11.8 Å². The summed E-state index contributed by atoms with van der Waals surface area (Å²) >= 11 is 1.67. The monoisotopic (exact) mass is 277 g/mol. The van der Waals surface area contributed by atoms with Gasteiger partial charge in [0.05, 0.1) is 5.75 Å². The predicted molar refractivity (Wildman–Crippen MR) is 81.7 cm³/mol. The quantitative estimate of drug-likeness (QED) is 0.783. The highest BCUT2D eigenvalue weighted by Crippen LogP contribution is 2.24. The minimum absolute atomic E-state index is 0.298. The van der Waals surface area contributed by atoms with Crippen LogP contribution in [-0.4, -0.2) is 29.6 Å². The van der Waals surface area contributed by atoms with E-state index < -0.39 is 0 Å². The van der Waals surface area contributed by atoms with Crippen LogP contribution in [0.5, 0.6) is 0 Å². The van der Waals surface area contributed by atoms with E-state index in [0.29, 0.717) is 11.7 Å². The molecule has 0 aliphatic carbocycles. The maximum Gasteiger partial charge on any atom is 0.232 e. The number of thioether (sulfide) groups is 1. The second kappa shape index (κ2) is 6.99. The van der Waals surface area contributed by atoms with Crippen molar-refractivity contribution in [2.24, 2.45) is 0 Å². The van der Waals surface area contributed by atoms with Crippen LogP contribution in [0.1, 0.15) is 36.8 Å². The Morgan fingerprint density at radius 3 is 2.47 bits per heavy atom. The van der Waals surface area contributed by atoms with Crippen LogP contribution < -0.4 is 0 Å². The molecule has 2 rings (SSSR count). The van der Waals surface area contributed by atoms with E-state index in [1.807, 2.05) is 4.90 Å². The predicted octanol–water partition coefficient (Wildman–Crippen LogP) is 3.80. The van der Waals surface area contributed by atoms with Crippen molar-refractivity contribution in [3.05, 3.63) is 29.3 Å². The molecule has 1 heterocycles. The average Bonchev–Trinajstić information content (AvgIpc) is 2.66. The normalized spacial score (nSPS) is 16.2. The molecular formula is C16H23NOS. The number of aryl methyl sites for hydroxylation is 2. The van der Waals surface area contributed by atoms with Crippen molar-refractivity contribution in [1.29, 1.82) is 0 Å². The summed E-state index contributed by atoms with van der Waals surface area (Å²) in [6, 6.07) is 6.43. The Morgan fingerprint density at radius 1 is 1.16 bits per heavy atom. The van der Waals surface area contributed by atoms with Gasteiger partial charge in [-0.05, 0) is 38.3 Å². The lowest BCUT2D eigenvalue weighted by Gasteiger charge is -2.20. The second-order valence-corrected chi connectivity index (χ2v) is 6.37. The van der Waals surface area contributed by atoms with Crippen LogP contribution in [-0.2, 0) is 4.79 Å². The van der Waals surface area contributed by atoms with Crippen LogP contribution >= 0.6 is 11.8 Å². The van der Waals surface area contributed by atoms with E-state index in [1.54, 1.807) is 11.8 Å². The summed E-state index contributed by atoms with van der Waals surface area (Å²) in [4.78, 5) is 15.5. The molecule has 0 bridgehead atoms. The molecule has 2 nitrogen and oxygen atoms in total. The molecule has 0 N–H and O–H groups in total. The Morgan fingerprint density at radius 2 is 1.84 bits per heavy atom. The fourth-order valence-corrected chi connectivity index (χ4v) is 3.42. The minimum atomic E-state index is 0.298. The Balaban J connectivity index is 1.88. The topological polar surface area (TPSA) is 20.3 Å². The second-order valence-electron chi connectivity index (χ2n) is 5.35. The number of carbonyl (C=O) groups is 1. The minimum Gasteiger partial charge on any atom is -0.342 e. The zero-order valence-corrected chi connectivity index (χ0v) is 12.8. The van der Waals surface area contributed by atoms with Gasteiger partial charge in [0.2, 0.25) is 5.91 Å². The van der Waals surface area contributed by atoms with Crippen LogP contribution in [0.3, 0.4) is 0 Å². The fraction of sp³-hybridized carbons (Fsp3) is 0.562. The summed E-state index contributed by atoms with van der Waals surface area (Å²) in [5, 5.41) is 0. The summed E-state index contributed by atoms with van der Waals surface area (Å²) < 4.78 is 0. The van der Waals surface area contributed by atoms with Gasteiger partial charge in [-0.25, -0.2) is 0 Å². The maximum atomic E-state index is 12.2. The first kappa shape index (κ1) is 14.4. The SMILES string of the molecule is Cc1ccc(SCC(=O)N2CCCCCC2)c(C)c1. The van der Waals surface area contributed by atoms with Gasteiger partial charge < -0.3 is 4.90 Å². The zero-order chi connectivity index (χ0) is 13.7. The van der Waals surface area contributed by atoms with Crippen molar-refractivity contribution < 1.29 is 4.79 Å². The van der Waals surface area contributed by atoms with Crippen LogP contribution in [0.25, 0.3) is 0 Å². The summed E-state index contributed by atoms with van der Waals surface area (Å²) in [7, 11) is 0. The van der Waals surface area contributed by atoms with Gasteiger partial charge in [0.15, 0.2) is 0 Å². The summed E-state index contributed by atoms with van der Waals surface area (Å²) in [5.74, 6) is 0.871. The third-order valence-electron chi connectivity index (χ3n) is 3.64. The van der Waals surface area contributed by atoms with Gasteiger partial charge in [-0.2, -0.15) is 0 Å². The van der Waals surface area contributed by atoms with Crippen LogP contribution in [0, 0.1) is 13.8 Å². The van der Waals surface area contributed by atoms with E-state index in [2.05, 4.69) is 32.0 Å². The van der Waals surface area contributed by atoms with E-state index in [9.17, 15) is 4.79 Å². The molecule has 104 valence electrons. The molecule has 0 spiro atoms. The molecule has 1 aliphatic heterocycles. The average molecular weight is 277 g/mol. The van der Waals surface area contributed by atoms with Crippen LogP contribution in [0.15, 0.2) is 23.1 Å². The van der Waals surface area contributed by atoms with Gasteiger partial charge >= 0.3 is 0 Å². The third kappa shape index (κ3) is 4.27. The van der Waals surface area contributed by atoms with Crippen LogP contribution in [0.2, 0.25) is 0 Å². The number of hydrogen-bond acceptors (Lipinski definition) is 2.